The summed E-state index contributed by atoms with van der Waals surface area (Å²) in [6.45, 7) is 0. The van der Waals surface area contributed by atoms with Crippen LogP contribution in [0, 0.1) is 0 Å². The second-order valence-corrected chi connectivity index (χ2v) is 5.93. The fourth-order valence-corrected chi connectivity index (χ4v) is 2.72. The first kappa shape index (κ1) is 16.9. The van der Waals surface area contributed by atoms with Crippen LogP contribution in [-0.4, -0.2) is 43.6 Å². The monoisotopic (exact) mass is 341 g/mol. The van der Waals surface area contributed by atoms with E-state index >= 15 is 0 Å². The van der Waals surface area contributed by atoms with Gasteiger partial charge >= 0.3 is 5.97 Å². The fraction of sp³-hybridized carbons (Fsp3) is 0.235. The van der Waals surface area contributed by atoms with Crippen molar-refractivity contribution >= 4 is 22.8 Å². The van der Waals surface area contributed by atoms with Gasteiger partial charge in [-0.25, -0.2) is 4.98 Å². The Bertz CT molecular complexity index is 914. The number of carbonyl (C=O) groups is 2. The van der Waals surface area contributed by atoms with Crippen LogP contribution in [0.15, 0.2) is 43.0 Å². The molecule has 130 valence electrons. The third-order valence-electron chi connectivity index (χ3n) is 4.07. The van der Waals surface area contributed by atoms with E-state index < -0.39 is 18.1 Å². The molecule has 3 aromatic rings. The Labute approximate surface area is 143 Å². The lowest BCUT2D eigenvalue weighted by atomic mass is 10.1. The normalized spacial score (nSPS) is 13.7. The summed E-state index contributed by atoms with van der Waals surface area (Å²) in [4.78, 5) is 30.4. The van der Waals surface area contributed by atoms with Crippen LogP contribution >= 0.6 is 0 Å². The van der Waals surface area contributed by atoms with Crippen molar-refractivity contribution in [3.05, 3.63) is 54.2 Å². The summed E-state index contributed by atoms with van der Waals surface area (Å²) in [7, 11) is 0. The number of rotatable bonds is 6. The molecule has 0 saturated heterocycles. The number of nitrogens with zero attached hydrogens (tertiary/aromatic N) is 2. The number of carboxylic acids is 1. The summed E-state index contributed by atoms with van der Waals surface area (Å²) >= 11 is 0. The fourth-order valence-electron chi connectivity index (χ4n) is 2.72. The molecule has 8 nitrogen and oxygen atoms in total. The average Bonchev–Trinajstić information content (AvgIpc) is 3.21. The number of hydrogen-bond donors (Lipinski definition) is 4. The molecule has 0 saturated carbocycles. The van der Waals surface area contributed by atoms with Gasteiger partial charge in [-0.05, 0) is 18.1 Å². The number of para-hydroxylation sites is 1. The second-order valence-electron chi connectivity index (χ2n) is 5.93. The van der Waals surface area contributed by atoms with Gasteiger partial charge in [0.15, 0.2) is 0 Å². The quantitative estimate of drug-likeness (QED) is 0.515. The molecule has 0 aliphatic carbocycles. The van der Waals surface area contributed by atoms with Gasteiger partial charge in [-0.1, -0.05) is 18.2 Å². The van der Waals surface area contributed by atoms with E-state index in [0.29, 0.717) is 12.1 Å². The van der Waals surface area contributed by atoms with E-state index in [1.54, 1.807) is 0 Å². The number of H-pyrrole nitrogens is 1. The number of carboxylic acid groups (broad SMARTS) is 1. The standard InChI is InChI=1S/C17H19N5O3/c18-13(5-10-7-20-15-4-2-1-3-12(10)15)16(23)22-8-11(21-9-22)6-14(19)17(24)25/h1-4,7-9,13-14,20H,5-6,18-19H2,(H,24,25)/t13-,14-/m0/s1. The maximum absolute atomic E-state index is 12.5. The Hall–Kier alpha value is -2.97. The highest BCUT2D eigenvalue weighted by Gasteiger charge is 2.20. The third kappa shape index (κ3) is 3.59. The zero-order valence-electron chi connectivity index (χ0n) is 13.4. The molecule has 0 spiro atoms. The summed E-state index contributed by atoms with van der Waals surface area (Å²) in [5, 5.41) is 9.86. The summed E-state index contributed by atoms with van der Waals surface area (Å²) in [5.74, 6) is -1.43. The Kier molecular flexibility index (Phi) is 4.64. The van der Waals surface area contributed by atoms with Crippen LogP contribution in [0.2, 0.25) is 0 Å². The molecule has 0 unspecified atom stereocenters. The number of benzene rings is 1. The molecule has 0 radical (unpaired) electrons. The molecule has 3 rings (SSSR count). The Morgan fingerprint density at radius 2 is 1.96 bits per heavy atom. The smallest absolute Gasteiger partial charge is 0.320 e. The Balaban J connectivity index is 1.70. The first-order valence-corrected chi connectivity index (χ1v) is 7.81. The van der Waals surface area contributed by atoms with Gasteiger partial charge in [-0.15, -0.1) is 0 Å². The zero-order chi connectivity index (χ0) is 18.0. The van der Waals surface area contributed by atoms with Crippen LogP contribution < -0.4 is 11.5 Å². The van der Waals surface area contributed by atoms with E-state index in [9.17, 15) is 9.59 Å². The van der Waals surface area contributed by atoms with Crippen LogP contribution in [0.25, 0.3) is 10.9 Å². The van der Waals surface area contributed by atoms with Crippen molar-refractivity contribution in [2.75, 3.05) is 0 Å². The van der Waals surface area contributed by atoms with Crippen molar-refractivity contribution in [1.82, 2.24) is 14.5 Å². The third-order valence-corrected chi connectivity index (χ3v) is 4.07. The number of aromatic nitrogens is 3. The summed E-state index contributed by atoms with van der Waals surface area (Å²) in [5.41, 5.74) is 13.9. The van der Waals surface area contributed by atoms with Gasteiger partial charge in [0, 0.05) is 29.7 Å². The predicted molar refractivity (Wildman–Crippen MR) is 92.1 cm³/mol. The lowest BCUT2D eigenvalue weighted by Crippen LogP contribution is -2.36. The molecule has 2 heterocycles. The molecule has 8 heteroatoms. The Morgan fingerprint density at radius 1 is 1.20 bits per heavy atom. The second kappa shape index (κ2) is 6.88. The van der Waals surface area contributed by atoms with Gasteiger partial charge in [-0.3, -0.25) is 14.2 Å². The minimum Gasteiger partial charge on any atom is -0.480 e. The van der Waals surface area contributed by atoms with Crippen LogP contribution in [0.1, 0.15) is 16.1 Å². The first-order valence-electron chi connectivity index (χ1n) is 7.81. The lowest BCUT2D eigenvalue weighted by Gasteiger charge is -2.10. The van der Waals surface area contributed by atoms with Crippen molar-refractivity contribution in [2.45, 2.75) is 24.9 Å². The van der Waals surface area contributed by atoms with E-state index in [1.807, 2.05) is 30.5 Å². The van der Waals surface area contributed by atoms with Crippen molar-refractivity contribution in [3.8, 4) is 0 Å². The Morgan fingerprint density at radius 3 is 2.72 bits per heavy atom. The number of imidazole rings is 1. The minimum atomic E-state index is -1.11. The molecule has 2 aromatic heterocycles. The van der Waals surface area contributed by atoms with Gasteiger partial charge in [0.05, 0.1) is 11.7 Å². The van der Waals surface area contributed by atoms with Crippen molar-refractivity contribution < 1.29 is 14.7 Å². The lowest BCUT2D eigenvalue weighted by molar-refractivity contribution is -0.138. The number of carbonyl (C=O) groups excluding carboxylic acids is 1. The van der Waals surface area contributed by atoms with Crippen molar-refractivity contribution in [1.29, 1.82) is 0 Å². The van der Waals surface area contributed by atoms with Crippen LogP contribution in [-0.2, 0) is 17.6 Å². The van der Waals surface area contributed by atoms with Crippen LogP contribution in [0.4, 0.5) is 0 Å². The van der Waals surface area contributed by atoms with Crippen LogP contribution in [0.5, 0.6) is 0 Å². The van der Waals surface area contributed by atoms with E-state index in [2.05, 4.69) is 9.97 Å². The number of fused-ring (bicyclic) bond motifs is 1. The molecule has 0 aliphatic heterocycles. The SMILES string of the molecule is N[C@@H](Cc1cn(C(=O)[C@@H](N)Cc2c[nH]c3ccccc23)cn1)C(=O)O. The molecular formula is C17H19N5O3. The topological polar surface area (TPSA) is 140 Å². The van der Waals surface area contributed by atoms with Crippen molar-refractivity contribution in [3.63, 3.8) is 0 Å². The average molecular weight is 341 g/mol. The highest BCUT2D eigenvalue weighted by atomic mass is 16.4. The minimum absolute atomic E-state index is 0.0489. The number of aliphatic carboxylic acids is 1. The largest absolute Gasteiger partial charge is 0.480 e. The molecule has 6 N–H and O–H groups in total. The van der Waals surface area contributed by atoms with Gasteiger partial charge in [-0.2, -0.15) is 0 Å². The van der Waals surface area contributed by atoms with E-state index in [1.165, 1.54) is 17.1 Å². The maximum atomic E-state index is 12.5. The molecule has 1 aromatic carbocycles. The molecular weight excluding hydrogens is 322 g/mol. The molecule has 25 heavy (non-hydrogen) atoms. The number of hydrogen-bond acceptors (Lipinski definition) is 5. The van der Waals surface area contributed by atoms with E-state index in [0.717, 1.165) is 16.5 Å². The van der Waals surface area contributed by atoms with Gasteiger partial charge in [0.25, 0.3) is 0 Å². The van der Waals surface area contributed by atoms with Gasteiger partial charge in [0.1, 0.15) is 12.4 Å². The highest BCUT2D eigenvalue weighted by molar-refractivity contribution is 5.87. The predicted octanol–water partition coefficient (Wildman–Crippen LogP) is 0.529. The number of nitrogens with one attached hydrogen (secondary N) is 1. The molecule has 0 fully saturated rings. The molecule has 0 aliphatic rings. The van der Waals surface area contributed by atoms with Gasteiger partial charge < -0.3 is 21.6 Å². The van der Waals surface area contributed by atoms with E-state index in [-0.39, 0.29) is 12.3 Å². The molecule has 2 atom stereocenters. The maximum Gasteiger partial charge on any atom is 0.320 e. The number of nitrogens with two attached hydrogens (primary N) is 2. The van der Waals surface area contributed by atoms with Crippen molar-refractivity contribution in [2.24, 2.45) is 11.5 Å². The molecule has 0 bridgehead atoms. The summed E-state index contributed by atoms with van der Waals surface area (Å²) in [6, 6.07) is 6.00. The first-order chi connectivity index (χ1) is 12.0. The van der Waals surface area contributed by atoms with Crippen LogP contribution in [0.3, 0.4) is 0 Å². The molecule has 0 amide bonds. The number of aromatic amines is 1. The van der Waals surface area contributed by atoms with E-state index in [4.69, 9.17) is 16.6 Å². The van der Waals surface area contributed by atoms with Gasteiger partial charge in [0.2, 0.25) is 5.91 Å². The summed E-state index contributed by atoms with van der Waals surface area (Å²) < 4.78 is 1.28. The summed E-state index contributed by atoms with van der Waals surface area (Å²) in [6.07, 6.45) is 5.09. The zero-order valence-corrected chi connectivity index (χ0v) is 13.4. The highest BCUT2D eigenvalue weighted by Crippen LogP contribution is 2.19.